The normalized spacial score (nSPS) is 11.3. The van der Waals surface area contributed by atoms with Crippen LogP contribution in [-0.2, 0) is 21.5 Å². The summed E-state index contributed by atoms with van der Waals surface area (Å²) in [4.78, 5) is 23.6. The van der Waals surface area contributed by atoms with Gasteiger partial charge in [-0.1, -0.05) is 6.07 Å². The lowest BCUT2D eigenvalue weighted by Crippen LogP contribution is -2.24. The number of rotatable bonds is 6. The monoisotopic (exact) mass is 462 g/mol. The third-order valence-corrected chi connectivity index (χ3v) is 5.74. The Morgan fingerprint density at radius 1 is 1.06 bits per heavy atom. The third kappa shape index (κ3) is 5.32. The van der Waals surface area contributed by atoms with Gasteiger partial charge in [-0.05, 0) is 59.8 Å². The summed E-state index contributed by atoms with van der Waals surface area (Å²) in [5, 5.41) is 16.1. The summed E-state index contributed by atoms with van der Waals surface area (Å²) in [5.41, 5.74) is 2.37. The molecule has 0 aromatic heterocycles. The predicted octanol–water partition coefficient (Wildman–Crippen LogP) is 3.21. The van der Waals surface area contributed by atoms with Gasteiger partial charge in [-0.15, -0.1) is 11.6 Å². The fourth-order valence-electron chi connectivity index (χ4n) is 3.00. The van der Waals surface area contributed by atoms with E-state index in [1.807, 2.05) is 6.92 Å². The first-order valence-corrected chi connectivity index (χ1v) is 11.0. The molecule has 3 aromatic carbocycles. The molecule has 162 valence electrons. The highest BCUT2D eigenvalue weighted by Crippen LogP contribution is 2.30. The van der Waals surface area contributed by atoms with Gasteiger partial charge < -0.3 is 15.7 Å². The number of anilines is 1. The molecule has 0 aliphatic carbocycles. The minimum atomic E-state index is -4.50. The zero-order valence-electron chi connectivity index (χ0n) is 16.3. The summed E-state index contributed by atoms with van der Waals surface area (Å²) in [6, 6.07) is 11.8. The lowest BCUT2D eigenvalue weighted by Gasteiger charge is -2.11. The largest absolute Gasteiger partial charge is 0.507 e. The molecule has 0 atom stereocenters. The Balaban J connectivity index is 1.87. The fourth-order valence-corrected chi connectivity index (χ4v) is 3.63. The Kier molecular flexibility index (Phi) is 6.49. The predicted molar refractivity (Wildman–Crippen MR) is 117 cm³/mol. The number of carbonyl (C=O) groups excluding carboxylic acids is 2. The van der Waals surface area contributed by atoms with Crippen LogP contribution in [0.4, 0.5) is 5.69 Å². The third-order valence-electron chi connectivity index (χ3n) is 4.67. The van der Waals surface area contributed by atoms with Gasteiger partial charge in [-0.25, -0.2) is 0 Å². The lowest BCUT2D eigenvalue weighted by atomic mass is 10.0. The molecule has 0 heterocycles. The van der Waals surface area contributed by atoms with Crippen LogP contribution in [0.2, 0.25) is 0 Å². The fraction of sp³-hybridized carbons (Fsp3) is 0.143. The van der Waals surface area contributed by atoms with E-state index in [1.165, 1.54) is 18.2 Å². The summed E-state index contributed by atoms with van der Waals surface area (Å²) < 4.78 is 32.0. The van der Waals surface area contributed by atoms with Crippen molar-refractivity contribution >= 4 is 50.0 Å². The molecule has 3 rings (SSSR count). The maximum absolute atomic E-state index is 12.7. The first-order valence-electron chi connectivity index (χ1n) is 9.06. The van der Waals surface area contributed by atoms with Crippen molar-refractivity contribution in [1.29, 1.82) is 0 Å². The SMILES string of the molecule is Cc1ccc(C(=O)Nc2ccc3c(O)cc(S(=O)(=O)O)cc3c2)cc1CNC(=O)CCl. The van der Waals surface area contributed by atoms with E-state index in [0.717, 1.165) is 17.2 Å². The van der Waals surface area contributed by atoms with E-state index in [4.69, 9.17) is 11.6 Å². The van der Waals surface area contributed by atoms with E-state index in [0.29, 0.717) is 22.0 Å². The molecule has 0 saturated carbocycles. The molecular weight excluding hydrogens is 444 g/mol. The number of carbonyl (C=O) groups is 2. The number of hydrogen-bond acceptors (Lipinski definition) is 5. The van der Waals surface area contributed by atoms with Crippen LogP contribution in [0.1, 0.15) is 21.5 Å². The first-order chi connectivity index (χ1) is 14.6. The van der Waals surface area contributed by atoms with Gasteiger partial charge in [0.1, 0.15) is 11.6 Å². The van der Waals surface area contributed by atoms with E-state index in [9.17, 15) is 27.7 Å². The van der Waals surface area contributed by atoms with Crippen molar-refractivity contribution < 1.29 is 27.7 Å². The van der Waals surface area contributed by atoms with Gasteiger partial charge in [0.2, 0.25) is 5.91 Å². The van der Waals surface area contributed by atoms with E-state index >= 15 is 0 Å². The molecule has 0 radical (unpaired) electrons. The van der Waals surface area contributed by atoms with E-state index in [-0.39, 0.29) is 24.1 Å². The van der Waals surface area contributed by atoms with Crippen molar-refractivity contribution in [2.75, 3.05) is 11.2 Å². The van der Waals surface area contributed by atoms with Gasteiger partial charge in [0.25, 0.3) is 16.0 Å². The molecule has 0 saturated heterocycles. The minimum absolute atomic E-state index is 0.157. The summed E-state index contributed by atoms with van der Waals surface area (Å²) in [7, 11) is -4.50. The van der Waals surface area contributed by atoms with Crippen molar-refractivity contribution in [1.82, 2.24) is 5.32 Å². The average molecular weight is 463 g/mol. The van der Waals surface area contributed by atoms with Crippen LogP contribution in [0.25, 0.3) is 10.8 Å². The smallest absolute Gasteiger partial charge is 0.294 e. The van der Waals surface area contributed by atoms with E-state index in [1.54, 1.807) is 24.3 Å². The number of amides is 2. The minimum Gasteiger partial charge on any atom is -0.507 e. The van der Waals surface area contributed by atoms with Crippen molar-refractivity contribution in [2.45, 2.75) is 18.4 Å². The molecule has 0 spiro atoms. The maximum atomic E-state index is 12.7. The Morgan fingerprint density at radius 3 is 2.48 bits per heavy atom. The summed E-state index contributed by atoms with van der Waals surface area (Å²) in [6.45, 7) is 2.08. The number of benzene rings is 3. The summed E-state index contributed by atoms with van der Waals surface area (Å²) in [6.07, 6.45) is 0. The number of fused-ring (bicyclic) bond motifs is 1. The Bertz CT molecular complexity index is 1290. The molecule has 31 heavy (non-hydrogen) atoms. The zero-order valence-corrected chi connectivity index (χ0v) is 17.9. The van der Waals surface area contributed by atoms with Gasteiger partial charge in [0.05, 0.1) is 4.90 Å². The van der Waals surface area contributed by atoms with Crippen LogP contribution in [0.5, 0.6) is 5.75 Å². The Morgan fingerprint density at radius 2 is 1.81 bits per heavy atom. The molecule has 10 heteroatoms. The molecule has 2 amide bonds. The maximum Gasteiger partial charge on any atom is 0.294 e. The first kappa shape index (κ1) is 22.5. The second-order valence-corrected chi connectivity index (χ2v) is 8.55. The molecule has 4 N–H and O–H groups in total. The van der Waals surface area contributed by atoms with Crippen molar-refractivity contribution in [3.63, 3.8) is 0 Å². The summed E-state index contributed by atoms with van der Waals surface area (Å²) >= 11 is 5.48. The van der Waals surface area contributed by atoms with Gasteiger partial charge in [0, 0.05) is 29.2 Å². The second-order valence-electron chi connectivity index (χ2n) is 6.86. The number of aryl methyl sites for hydroxylation is 1. The van der Waals surface area contributed by atoms with Crippen molar-refractivity contribution in [2.24, 2.45) is 0 Å². The number of halogens is 1. The number of aromatic hydroxyl groups is 1. The molecule has 8 nitrogen and oxygen atoms in total. The van der Waals surface area contributed by atoms with Crippen LogP contribution in [0.3, 0.4) is 0 Å². The average Bonchev–Trinajstić information content (AvgIpc) is 2.71. The van der Waals surface area contributed by atoms with E-state index in [2.05, 4.69) is 10.6 Å². The highest BCUT2D eigenvalue weighted by atomic mass is 35.5. The lowest BCUT2D eigenvalue weighted by molar-refractivity contribution is -0.118. The molecule has 0 aliphatic heterocycles. The molecule has 0 fully saturated rings. The van der Waals surface area contributed by atoms with Crippen LogP contribution in [0, 0.1) is 6.92 Å². The van der Waals surface area contributed by atoms with Crippen molar-refractivity contribution in [3.05, 3.63) is 65.2 Å². The molecule has 0 aliphatic rings. The number of alkyl halides is 1. The topological polar surface area (TPSA) is 133 Å². The quantitative estimate of drug-likeness (QED) is 0.328. The van der Waals surface area contributed by atoms with Crippen LogP contribution in [0.15, 0.2) is 53.4 Å². The number of nitrogens with one attached hydrogen (secondary N) is 2. The number of phenols is 1. The standard InChI is InChI=1S/C21H19ClN2O6S/c1-12-2-3-13(6-15(12)11-23-20(26)10-22)21(27)24-16-4-5-18-14(7-16)8-17(9-19(18)25)31(28,29)30/h2-9,25H,10-11H2,1H3,(H,23,26)(H,24,27)(H,28,29,30). The Hall–Kier alpha value is -3.14. The highest BCUT2D eigenvalue weighted by molar-refractivity contribution is 7.85. The number of phenolic OH excluding ortho intramolecular Hbond substituents is 1. The van der Waals surface area contributed by atoms with Crippen LogP contribution < -0.4 is 10.6 Å². The molecular formula is C21H19ClN2O6S. The molecule has 0 unspecified atom stereocenters. The van der Waals surface area contributed by atoms with Gasteiger partial charge >= 0.3 is 0 Å². The van der Waals surface area contributed by atoms with E-state index < -0.39 is 20.9 Å². The van der Waals surface area contributed by atoms with Gasteiger partial charge in [0.15, 0.2) is 0 Å². The Labute approximate surface area is 183 Å². The number of hydrogen-bond donors (Lipinski definition) is 4. The van der Waals surface area contributed by atoms with Gasteiger partial charge in [-0.3, -0.25) is 14.1 Å². The zero-order chi connectivity index (χ0) is 22.8. The molecule has 0 bridgehead atoms. The van der Waals surface area contributed by atoms with Gasteiger partial charge in [-0.2, -0.15) is 8.42 Å². The summed E-state index contributed by atoms with van der Waals surface area (Å²) in [5.74, 6) is -1.21. The molecule has 3 aromatic rings. The second kappa shape index (κ2) is 8.93. The van der Waals surface area contributed by atoms with Crippen LogP contribution >= 0.6 is 11.6 Å². The highest BCUT2D eigenvalue weighted by Gasteiger charge is 2.15. The van der Waals surface area contributed by atoms with Crippen molar-refractivity contribution in [3.8, 4) is 5.75 Å². The van der Waals surface area contributed by atoms with Crippen LogP contribution in [-0.4, -0.2) is 35.8 Å².